The van der Waals surface area contributed by atoms with Crippen molar-refractivity contribution in [3.8, 4) is 0 Å². The summed E-state index contributed by atoms with van der Waals surface area (Å²) < 4.78 is 2.10. The van der Waals surface area contributed by atoms with Gasteiger partial charge in [-0.2, -0.15) is 0 Å². The highest BCUT2D eigenvalue weighted by Crippen LogP contribution is 2.27. The van der Waals surface area contributed by atoms with Crippen LogP contribution in [-0.2, 0) is 6.42 Å². The lowest BCUT2D eigenvalue weighted by atomic mass is 9.89. The summed E-state index contributed by atoms with van der Waals surface area (Å²) >= 11 is 1.68. The van der Waals surface area contributed by atoms with Crippen molar-refractivity contribution < 1.29 is 0 Å². The molecule has 2 aromatic rings. The van der Waals surface area contributed by atoms with Crippen molar-refractivity contribution in [3.05, 3.63) is 23.5 Å². The monoisotopic (exact) mass is 278 g/mol. The summed E-state index contributed by atoms with van der Waals surface area (Å²) in [6, 6.07) is 0.364. The lowest BCUT2D eigenvalue weighted by molar-refractivity contribution is 0.319. The van der Waals surface area contributed by atoms with Gasteiger partial charge in [0.05, 0.1) is 5.69 Å². The second-order valence-corrected chi connectivity index (χ2v) is 6.43. The van der Waals surface area contributed by atoms with Crippen molar-refractivity contribution in [1.82, 2.24) is 14.8 Å². The minimum absolute atomic E-state index is 0.364. The van der Waals surface area contributed by atoms with E-state index in [1.54, 1.807) is 11.3 Å². The molecule has 1 fully saturated rings. The number of hydrogen-bond donors (Lipinski definition) is 2. The number of nitrogens with one attached hydrogen (secondary N) is 1. The maximum absolute atomic E-state index is 5.79. The summed E-state index contributed by atoms with van der Waals surface area (Å²) in [6.45, 7) is 0. The molecule has 3 N–H and O–H groups in total. The smallest absolute Gasteiger partial charge is 0.193 e. The largest absolute Gasteiger partial charge is 0.297 e. The number of rotatable bonds is 4. The van der Waals surface area contributed by atoms with Gasteiger partial charge in [0.2, 0.25) is 0 Å². The van der Waals surface area contributed by atoms with Gasteiger partial charge in [-0.05, 0) is 18.8 Å². The summed E-state index contributed by atoms with van der Waals surface area (Å²) in [7, 11) is 0. The van der Waals surface area contributed by atoms with Gasteiger partial charge < -0.3 is 0 Å². The predicted molar refractivity (Wildman–Crippen MR) is 79.1 cm³/mol. The van der Waals surface area contributed by atoms with Crippen molar-refractivity contribution in [2.45, 2.75) is 51.0 Å². The highest BCUT2D eigenvalue weighted by molar-refractivity contribution is 7.15. The summed E-state index contributed by atoms with van der Waals surface area (Å²) in [5, 5.41) is 2.07. The molecule has 0 bridgehead atoms. The third-order valence-electron chi connectivity index (χ3n) is 4.26. The van der Waals surface area contributed by atoms with Crippen LogP contribution in [-0.4, -0.2) is 15.4 Å². The van der Waals surface area contributed by atoms with Crippen LogP contribution in [0.5, 0.6) is 0 Å². The Labute approximate surface area is 118 Å². The zero-order chi connectivity index (χ0) is 13.1. The lowest BCUT2D eigenvalue weighted by Crippen LogP contribution is -2.42. The number of nitrogens with two attached hydrogens (primary N) is 1. The molecule has 0 aliphatic heterocycles. The van der Waals surface area contributed by atoms with Gasteiger partial charge in [0.1, 0.15) is 0 Å². The molecule has 2 aromatic heterocycles. The fraction of sp³-hybridized carbons (Fsp3) is 0.643. The van der Waals surface area contributed by atoms with Crippen molar-refractivity contribution in [2.75, 3.05) is 0 Å². The Kier molecular flexibility index (Phi) is 4.15. The Balaban J connectivity index is 1.69. The molecular weight excluding hydrogens is 256 g/mol. The molecular formula is C14H22N4S. The number of aromatic nitrogens is 2. The van der Waals surface area contributed by atoms with E-state index < -0.39 is 0 Å². The van der Waals surface area contributed by atoms with Gasteiger partial charge in [0, 0.05) is 30.2 Å². The van der Waals surface area contributed by atoms with Gasteiger partial charge in [-0.25, -0.2) is 4.98 Å². The van der Waals surface area contributed by atoms with Crippen LogP contribution in [0.1, 0.15) is 44.2 Å². The van der Waals surface area contributed by atoms with Crippen molar-refractivity contribution in [2.24, 2.45) is 11.8 Å². The van der Waals surface area contributed by atoms with Crippen LogP contribution in [0.2, 0.25) is 0 Å². The minimum Gasteiger partial charge on any atom is -0.297 e. The highest BCUT2D eigenvalue weighted by atomic mass is 32.1. The molecule has 4 nitrogen and oxygen atoms in total. The molecule has 1 unspecified atom stereocenters. The molecule has 19 heavy (non-hydrogen) atoms. The SMILES string of the molecule is NNC(Cc1cn2ccsc2n1)C1CCCCCC1. The van der Waals surface area contributed by atoms with Crippen LogP contribution in [0.4, 0.5) is 0 Å². The molecule has 0 saturated heterocycles. The minimum atomic E-state index is 0.364. The number of imidazole rings is 1. The zero-order valence-corrected chi connectivity index (χ0v) is 12.0. The summed E-state index contributed by atoms with van der Waals surface area (Å²) in [5.41, 5.74) is 4.19. The van der Waals surface area contributed by atoms with Crippen molar-refractivity contribution in [1.29, 1.82) is 0 Å². The standard InChI is InChI=1S/C14H22N4S/c15-17-13(11-5-3-1-2-4-6-11)9-12-10-18-7-8-19-14(18)16-12/h7-8,10-11,13,17H,1-6,9,15H2. The molecule has 2 heterocycles. The molecule has 1 aliphatic carbocycles. The number of hydrazine groups is 1. The molecule has 0 amide bonds. The van der Waals surface area contributed by atoms with E-state index >= 15 is 0 Å². The predicted octanol–water partition coefficient (Wildman–Crippen LogP) is 2.74. The third-order valence-corrected chi connectivity index (χ3v) is 5.03. The summed E-state index contributed by atoms with van der Waals surface area (Å²) in [5.74, 6) is 6.49. The van der Waals surface area contributed by atoms with Gasteiger partial charge in [0.25, 0.3) is 0 Å². The van der Waals surface area contributed by atoms with Gasteiger partial charge in [0.15, 0.2) is 4.96 Å². The molecule has 1 atom stereocenters. The summed E-state index contributed by atoms with van der Waals surface area (Å²) in [4.78, 5) is 5.74. The van der Waals surface area contributed by atoms with Gasteiger partial charge in [-0.15, -0.1) is 11.3 Å². The quantitative estimate of drug-likeness (QED) is 0.513. The normalized spacial score (nSPS) is 19.6. The Morgan fingerprint density at radius 2 is 2.16 bits per heavy atom. The van der Waals surface area contributed by atoms with Crippen LogP contribution in [0.15, 0.2) is 17.8 Å². The second-order valence-electron chi connectivity index (χ2n) is 5.55. The van der Waals surface area contributed by atoms with Crippen LogP contribution < -0.4 is 11.3 Å². The molecule has 104 valence electrons. The molecule has 3 rings (SSSR count). The lowest BCUT2D eigenvalue weighted by Gasteiger charge is -2.24. The zero-order valence-electron chi connectivity index (χ0n) is 11.2. The number of nitrogens with zero attached hydrogens (tertiary/aromatic N) is 2. The molecule has 0 aromatic carbocycles. The Morgan fingerprint density at radius 3 is 2.84 bits per heavy atom. The van der Waals surface area contributed by atoms with E-state index in [4.69, 9.17) is 5.84 Å². The highest BCUT2D eigenvalue weighted by Gasteiger charge is 2.23. The average molecular weight is 278 g/mol. The second kappa shape index (κ2) is 6.03. The Bertz CT molecular complexity index is 482. The average Bonchev–Trinajstić information content (AvgIpc) is 2.87. The van der Waals surface area contributed by atoms with Crippen molar-refractivity contribution >= 4 is 16.3 Å². The molecule has 0 radical (unpaired) electrons. The first-order chi connectivity index (χ1) is 9.36. The number of fused-ring (bicyclic) bond motifs is 1. The third kappa shape index (κ3) is 2.99. The van der Waals surface area contributed by atoms with Crippen LogP contribution in [0.3, 0.4) is 0 Å². The molecule has 0 spiro atoms. The van der Waals surface area contributed by atoms with E-state index in [1.807, 2.05) is 0 Å². The first-order valence-corrected chi connectivity index (χ1v) is 8.12. The maximum atomic E-state index is 5.79. The summed E-state index contributed by atoms with van der Waals surface area (Å²) in [6.07, 6.45) is 13.2. The van der Waals surface area contributed by atoms with Crippen LogP contribution >= 0.6 is 11.3 Å². The topological polar surface area (TPSA) is 55.3 Å². The van der Waals surface area contributed by atoms with Crippen molar-refractivity contribution in [3.63, 3.8) is 0 Å². The molecule has 5 heteroatoms. The Morgan fingerprint density at radius 1 is 1.37 bits per heavy atom. The Hall–Kier alpha value is -0.910. The fourth-order valence-corrected chi connectivity index (χ4v) is 3.89. The van der Waals surface area contributed by atoms with E-state index in [0.717, 1.165) is 17.1 Å². The van der Waals surface area contributed by atoms with E-state index in [1.165, 1.54) is 38.5 Å². The van der Waals surface area contributed by atoms with Gasteiger partial charge in [-0.1, -0.05) is 25.7 Å². The van der Waals surface area contributed by atoms with Gasteiger partial charge in [-0.3, -0.25) is 15.7 Å². The number of thiazole rings is 1. The first kappa shape index (κ1) is 13.1. The van der Waals surface area contributed by atoms with E-state index in [-0.39, 0.29) is 0 Å². The van der Waals surface area contributed by atoms with E-state index in [9.17, 15) is 0 Å². The fourth-order valence-electron chi connectivity index (χ4n) is 3.17. The van der Waals surface area contributed by atoms with E-state index in [2.05, 4.69) is 32.6 Å². The first-order valence-electron chi connectivity index (χ1n) is 7.24. The maximum Gasteiger partial charge on any atom is 0.193 e. The molecule has 1 saturated carbocycles. The number of hydrogen-bond acceptors (Lipinski definition) is 4. The van der Waals surface area contributed by atoms with E-state index in [0.29, 0.717) is 12.0 Å². The molecule has 1 aliphatic rings. The van der Waals surface area contributed by atoms with Gasteiger partial charge >= 0.3 is 0 Å². The van der Waals surface area contributed by atoms with Crippen LogP contribution in [0, 0.1) is 5.92 Å². The van der Waals surface area contributed by atoms with Crippen LogP contribution in [0.25, 0.3) is 4.96 Å².